The lowest BCUT2D eigenvalue weighted by atomic mass is 10.1. The van der Waals surface area contributed by atoms with Gasteiger partial charge in [0.1, 0.15) is 12.7 Å². The summed E-state index contributed by atoms with van der Waals surface area (Å²) in [5.41, 5.74) is 6.92. The fourth-order valence-electron chi connectivity index (χ4n) is 6.61. The minimum Gasteiger partial charge on any atom is -0.384 e. The molecule has 4 aromatic carbocycles. The van der Waals surface area contributed by atoms with Crippen LogP contribution in [-0.4, -0.2) is 56.9 Å². The van der Waals surface area contributed by atoms with E-state index >= 15 is 0 Å². The molecule has 0 bridgehead atoms. The van der Waals surface area contributed by atoms with E-state index in [-0.39, 0.29) is 10.9 Å². The first-order chi connectivity index (χ1) is 21.6. The van der Waals surface area contributed by atoms with Crippen LogP contribution in [0.25, 0.3) is 54.6 Å². The van der Waals surface area contributed by atoms with Crippen LogP contribution < -0.4 is 21.5 Å². The summed E-state index contributed by atoms with van der Waals surface area (Å²) in [6.45, 7) is 3.35. The lowest BCUT2D eigenvalue weighted by Crippen LogP contribution is -2.24. The Kier molecular flexibility index (Phi) is 6.27. The summed E-state index contributed by atoms with van der Waals surface area (Å²) in [5, 5.41) is 9.83. The number of imidazole rings is 2. The number of anilines is 2. The molecular formula is C35H31N7O2. The number of fused-ring (bicyclic) bond motifs is 4. The van der Waals surface area contributed by atoms with Crippen molar-refractivity contribution in [3.8, 4) is 0 Å². The molecule has 0 unspecified atom stereocenters. The Morgan fingerprint density at radius 2 is 1.09 bits per heavy atom. The molecule has 9 heteroatoms. The van der Waals surface area contributed by atoms with Gasteiger partial charge < -0.3 is 15.5 Å². The van der Waals surface area contributed by atoms with Gasteiger partial charge in [0, 0.05) is 35.2 Å². The van der Waals surface area contributed by atoms with Crippen molar-refractivity contribution in [3.05, 3.63) is 106 Å². The zero-order chi connectivity index (χ0) is 29.8. The monoisotopic (exact) mass is 581 g/mol. The topological polar surface area (TPSA) is 96.0 Å². The van der Waals surface area contributed by atoms with Gasteiger partial charge in [0.05, 0.1) is 43.9 Å². The third-order valence-corrected chi connectivity index (χ3v) is 8.75. The second-order valence-corrected chi connectivity index (χ2v) is 11.5. The molecule has 8 rings (SSSR count). The van der Waals surface area contributed by atoms with E-state index in [0.29, 0.717) is 21.5 Å². The van der Waals surface area contributed by atoms with E-state index in [9.17, 15) is 9.59 Å². The van der Waals surface area contributed by atoms with E-state index in [1.165, 1.54) is 0 Å². The standard InChI is InChI=1S/C35H31N7O2/c1-40(18-6-16-36-24-12-14-26-32-30(24)34(43)22-8-2-4-10-28(22)41(32)20-38-26)19-7-17-37-25-13-15-27-33-31(25)35(44)23-9-3-5-11-29(23)42(33)21-39-27/h2-5,8-15,20-21,36-37H,6-7,16-19H2,1H3. The van der Waals surface area contributed by atoms with Crippen LogP contribution in [0.2, 0.25) is 0 Å². The SMILES string of the molecule is CN(CCCNc1ccc2ncn3c4ccccc4c(=O)c1c23)CCCNc1ccc2ncn3c4ccccc4c(=O)c1c23. The molecule has 0 saturated heterocycles. The minimum absolute atomic E-state index is 0.0370. The van der Waals surface area contributed by atoms with E-state index in [2.05, 4.69) is 32.5 Å². The van der Waals surface area contributed by atoms with Crippen LogP contribution in [0.4, 0.5) is 11.4 Å². The second-order valence-electron chi connectivity index (χ2n) is 11.5. The highest BCUT2D eigenvalue weighted by molar-refractivity contribution is 6.08. The summed E-state index contributed by atoms with van der Waals surface area (Å²) in [7, 11) is 2.13. The molecule has 9 nitrogen and oxygen atoms in total. The molecule has 0 spiro atoms. The van der Waals surface area contributed by atoms with Crippen LogP contribution in [-0.2, 0) is 0 Å². The van der Waals surface area contributed by atoms with Crippen LogP contribution >= 0.6 is 0 Å². The Labute approximate surface area is 252 Å². The smallest absolute Gasteiger partial charge is 0.199 e. The average molecular weight is 582 g/mol. The lowest BCUT2D eigenvalue weighted by Gasteiger charge is -2.18. The third-order valence-electron chi connectivity index (χ3n) is 8.75. The van der Waals surface area contributed by atoms with Gasteiger partial charge >= 0.3 is 0 Å². The molecule has 0 saturated carbocycles. The Hall–Kier alpha value is -5.28. The number of nitrogens with zero attached hydrogens (tertiary/aromatic N) is 5. The van der Waals surface area contributed by atoms with Crippen molar-refractivity contribution >= 4 is 66.0 Å². The van der Waals surface area contributed by atoms with Crippen molar-refractivity contribution in [3.63, 3.8) is 0 Å². The van der Waals surface area contributed by atoms with Gasteiger partial charge in [-0.1, -0.05) is 24.3 Å². The summed E-state index contributed by atoms with van der Waals surface area (Å²) in [6, 6.07) is 23.3. The number of hydrogen-bond donors (Lipinski definition) is 2. The zero-order valence-corrected chi connectivity index (χ0v) is 24.4. The fraction of sp³-hybridized carbons (Fsp3) is 0.200. The molecule has 0 fully saturated rings. The second kappa shape index (κ2) is 10.5. The van der Waals surface area contributed by atoms with Crippen LogP contribution in [0.3, 0.4) is 0 Å². The van der Waals surface area contributed by atoms with Gasteiger partial charge in [-0.3, -0.25) is 18.4 Å². The molecule has 0 aliphatic heterocycles. The molecule has 0 radical (unpaired) electrons. The number of benzene rings is 4. The Balaban J connectivity index is 0.898. The molecule has 0 aliphatic rings. The van der Waals surface area contributed by atoms with Crippen LogP contribution in [0, 0.1) is 0 Å². The van der Waals surface area contributed by atoms with E-state index in [1.54, 1.807) is 12.7 Å². The highest BCUT2D eigenvalue weighted by Gasteiger charge is 2.17. The van der Waals surface area contributed by atoms with Gasteiger partial charge in [0.25, 0.3) is 0 Å². The van der Waals surface area contributed by atoms with Crippen molar-refractivity contribution in [2.45, 2.75) is 12.8 Å². The summed E-state index contributed by atoms with van der Waals surface area (Å²) in [5.74, 6) is 0. The first kappa shape index (κ1) is 26.4. The summed E-state index contributed by atoms with van der Waals surface area (Å²) < 4.78 is 4.04. The fourth-order valence-corrected chi connectivity index (χ4v) is 6.61. The quantitative estimate of drug-likeness (QED) is 0.164. The van der Waals surface area contributed by atoms with Crippen LogP contribution in [0.1, 0.15) is 12.8 Å². The highest BCUT2D eigenvalue weighted by atomic mass is 16.1. The molecule has 0 amide bonds. The molecular weight excluding hydrogens is 550 g/mol. The maximum Gasteiger partial charge on any atom is 0.199 e. The Bertz CT molecular complexity index is 2260. The predicted molar refractivity (Wildman–Crippen MR) is 179 cm³/mol. The molecule has 0 aliphatic carbocycles. The largest absolute Gasteiger partial charge is 0.384 e. The van der Waals surface area contributed by atoms with Crippen molar-refractivity contribution in [2.75, 3.05) is 43.9 Å². The van der Waals surface area contributed by atoms with Gasteiger partial charge in [-0.15, -0.1) is 0 Å². The van der Waals surface area contributed by atoms with Crippen LogP contribution in [0.5, 0.6) is 0 Å². The zero-order valence-electron chi connectivity index (χ0n) is 24.4. The van der Waals surface area contributed by atoms with Crippen LogP contribution in [0.15, 0.2) is 95.0 Å². The summed E-state index contributed by atoms with van der Waals surface area (Å²) in [6.07, 6.45) is 5.47. The van der Waals surface area contributed by atoms with Gasteiger partial charge in [0.2, 0.25) is 0 Å². The van der Waals surface area contributed by atoms with Crippen molar-refractivity contribution in [2.24, 2.45) is 0 Å². The predicted octanol–water partition coefficient (Wildman–Crippen LogP) is 5.43. The van der Waals surface area contributed by atoms with Gasteiger partial charge in [-0.25, -0.2) is 9.97 Å². The number of para-hydroxylation sites is 2. The molecule has 2 N–H and O–H groups in total. The van der Waals surface area contributed by atoms with E-state index in [1.807, 2.05) is 81.6 Å². The van der Waals surface area contributed by atoms with E-state index in [0.717, 1.165) is 83.5 Å². The van der Waals surface area contributed by atoms with E-state index in [4.69, 9.17) is 0 Å². The molecule has 0 atom stereocenters. The lowest BCUT2D eigenvalue weighted by molar-refractivity contribution is 0.331. The maximum atomic E-state index is 13.5. The Morgan fingerprint density at radius 3 is 1.57 bits per heavy atom. The normalized spacial score (nSPS) is 12.2. The molecule has 4 heterocycles. The minimum atomic E-state index is 0.0370. The first-order valence-electron chi connectivity index (χ1n) is 15.0. The molecule has 218 valence electrons. The van der Waals surface area contributed by atoms with Gasteiger partial charge in [-0.2, -0.15) is 0 Å². The molecule has 44 heavy (non-hydrogen) atoms. The summed E-state index contributed by atoms with van der Waals surface area (Å²) in [4.78, 5) is 38.3. The van der Waals surface area contributed by atoms with Crippen molar-refractivity contribution < 1.29 is 0 Å². The third kappa shape index (κ3) is 4.11. The van der Waals surface area contributed by atoms with Crippen molar-refractivity contribution in [1.82, 2.24) is 23.7 Å². The first-order valence-corrected chi connectivity index (χ1v) is 15.0. The van der Waals surface area contributed by atoms with E-state index < -0.39 is 0 Å². The number of aromatic nitrogens is 4. The molecule has 4 aromatic heterocycles. The average Bonchev–Trinajstić information content (AvgIpc) is 3.69. The number of nitrogens with one attached hydrogen (secondary N) is 2. The van der Waals surface area contributed by atoms with Gasteiger partial charge in [0.15, 0.2) is 10.9 Å². The summed E-state index contributed by atoms with van der Waals surface area (Å²) >= 11 is 0. The number of pyridine rings is 2. The maximum absolute atomic E-state index is 13.5. The van der Waals surface area contributed by atoms with Crippen molar-refractivity contribution in [1.29, 1.82) is 0 Å². The molecule has 8 aromatic rings. The number of rotatable bonds is 10. The number of hydrogen-bond acceptors (Lipinski definition) is 7. The van der Waals surface area contributed by atoms with Gasteiger partial charge in [-0.05, 0) is 81.5 Å². The Morgan fingerprint density at radius 1 is 0.636 bits per heavy atom. The highest BCUT2D eigenvalue weighted by Crippen LogP contribution is 2.29.